The lowest BCUT2D eigenvalue weighted by Gasteiger charge is -2.33. The Kier molecular flexibility index (Phi) is 5.87. The van der Waals surface area contributed by atoms with Crippen molar-refractivity contribution in [2.24, 2.45) is 0 Å². The summed E-state index contributed by atoms with van der Waals surface area (Å²) in [6.45, 7) is 3.30. The van der Waals surface area contributed by atoms with Gasteiger partial charge in [0.05, 0.1) is 0 Å². The third-order valence-corrected chi connectivity index (χ3v) is 7.64. The van der Waals surface area contributed by atoms with E-state index in [1.54, 1.807) is 0 Å². The van der Waals surface area contributed by atoms with Crippen LogP contribution in [0, 0.1) is 0 Å². The summed E-state index contributed by atoms with van der Waals surface area (Å²) in [5.74, 6) is 0. The largest absolute Gasteiger partial charge is 0.343 e. The Morgan fingerprint density at radius 2 is 1.38 bits per heavy atom. The molecule has 0 atom stereocenters. The van der Waals surface area contributed by atoms with Crippen molar-refractivity contribution in [1.29, 1.82) is 0 Å². The molecule has 0 aromatic heterocycles. The van der Waals surface area contributed by atoms with E-state index in [0.29, 0.717) is 12.8 Å². The molecule has 0 heterocycles. The van der Waals surface area contributed by atoms with Gasteiger partial charge >= 0.3 is 15.2 Å². The summed E-state index contributed by atoms with van der Waals surface area (Å²) in [6.07, 6.45) is 1.54. The molecule has 98 valence electrons. The fourth-order valence-electron chi connectivity index (χ4n) is 1.71. The zero-order valence-electron chi connectivity index (χ0n) is 9.54. The molecule has 0 radical (unpaired) electrons. The molecule has 0 aliphatic heterocycles. The number of hydrogen-bond donors (Lipinski definition) is 4. The van der Waals surface area contributed by atoms with Gasteiger partial charge in [-0.25, -0.2) is 0 Å². The Morgan fingerprint density at radius 1 is 0.938 bits per heavy atom. The second-order valence-electron chi connectivity index (χ2n) is 3.88. The van der Waals surface area contributed by atoms with Crippen molar-refractivity contribution >= 4 is 15.2 Å². The topological polar surface area (TPSA) is 115 Å². The fraction of sp³-hybridized carbons (Fsp3) is 1.00. The second kappa shape index (κ2) is 5.76. The van der Waals surface area contributed by atoms with Gasteiger partial charge in [-0.05, 0) is 12.8 Å². The SMILES string of the molecule is CCCCCC(CC)(P(=O)(O)O)P(=O)(O)O. The van der Waals surface area contributed by atoms with E-state index in [-0.39, 0.29) is 12.8 Å². The van der Waals surface area contributed by atoms with Gasteiger partial charge in [-0.15, -0.1) is 0 Å². The van der Waals surface area contributed by atoms with Crippen LogP contribution in [-0.2, 0) is 9.13 Å². The lowest BCUT2D eigenvalue weighted by atomic mass is 10.1. The minimum absolute atomic E-state index is 0.147. The quantitative estimate of drug-likeness (QED) is 0.417. The predicted octanol–water partition coefficient (Wildman–Crippen LogP) is 2.03. The summed E-state index contributed by atoms with van der Waals surface area (Å²) >= 11 is 0. The molecular weight excluding hydrogens is 254 g/mol. The molecule has 0 saturated heterocycles. The molecule has 0 bridgehead atoms. The molecule has 0 unspecified atom stereocenters. The van der Waals surface area contributed by atoms with E-state index in [4.69, 9.17) is 0 Å². The number of rotatable bonds is 7. The molecule has 0 aromatic carbocycles. The number of unbranched alkanes of at least 4 members (excludes halogenated alkanes) is 2. The van der Waals surface area contributed by atoms with Gasteiger partial charge in [0, 0.05) is 0 Å². The minimum atomic E-state index is -4.83. The summed E-state index contributed by atoms with van der Waals surface area (Å²) in [5, 5.41) is 0. The molecule has 0 aliphatic carbocycles. The van der Waals surface area contributed by atoms with Crippen LogP contribution in [0.25, 0.3) is 0 Å². The highest BCUT2D eigenvalue weighted by atomic mass is 31.2. The van der Waals surface area contributed by atoms with Crippen molar-refractivity contribution in [2.45, 2.75) is 50.8 Å². The van der Waals surface area contributed by atoms with Crippen molar-refractivity contribution in [3.63, 3.8) is 0 Å². The molecule has 0 aromatic rings. The van der Waals surface area contributed by atoms with Crippen molar-refractivity contribution < 1.29 is 28.7 Å². The van der Waals surface area contributed by atoms with Crippen LogP contribution in [0.5, 0.6) is 0 Å². The van der Waals surface area contributed by atoms with Crippen LogP contribution in [0.4, 0.5) is 0 Å². The lowest BCUT2D eigenvalue weighted by molar-refractivity contribution is 0.295. The Hall–Kier alpha value is 0.300. The van der Waals surface area contributed by atoms with Gasteiger partial charge in [0.15, 0.2) is 4.90 Å². The average molecular weight is 274 g/mol. The van der Waals surface area contributed by atoms with Gasteiger partial charge in [0.25, 0.3) is 0 Å². The van der Waals surface area contributed by atoms with E-state index < -0.39 is 20.1 Å². The maximum atomic E-state index is 11.3. The first kappa shape index (κ1) is 16.3. The molecule has 0 amide bonds. The minimum Gasteiger partial charge on any atom is -0.324 e. The van der Waals surface area contributed by atoms with Crippen LogP contribution in [-0.4, -0.2) is 24.5 Å². The van der Waals surface area contributed by atoms with E-state index in [2.05, 4.69) is 0 Å². The summed E-state index contributed by atoms with van der Waals surface area (Å²) in [7, 11) is -9.66. The normalized spacial score (nSPS) is 14.1. The van der Waals surface area contributed by atoms with Crippen molar-refractivity contribution in [3.05, 3.63) is 0 Å². The molecule has 0 aliphatic rings. The van der Waals surface area contributed by atoms with Gasteiger partial charge < -0.3 is 19.6 Å². The third-order valence-electron chi connectivity index (χ3n) is 2.83. The maximum absolute atomic E-state index is 11.3. The smallest absolute Gasteiger partial charge is 0.324 e. The van der Waals surface area contributed by atoms with E-state index >= 15 is 0 Å². The first-order valence-corrected chi connectivity index (χ1v) is 8.46. The molecule has 4 N–H and O–H groups in total. The summed E-state index contributed by atoms with van der Waals surface area (Å²) in [5.41, 5.74) is 0. The van der Waals surface area contributed by atoms with Crippen LogP contribution >= 0.6 is 15.2 Å². The second-order valence-corrected chi connectivity index (χ2v) is 8.12. The summed E-state index contributed by atoms with van der Waals surface area (Å²) in [6, 6.07) is 0. The van der Waals surface area contributed by atoms with Crippen LogP contribution in [0.1, 0.15) is 46.0 Å². The monoisotopic (exact) mass is 274 g/mol. The lowest BCUT2D eigenvalue weighted by Crippen LogP contribution is -2.28. The van der Waals surface area contributed by atoms with Crippen LogP contribution in [0.3, 0.4) is 0 Å². The van der Waals surface area contributed by atoms with Gasteiger partial charge in [-0.1, -0.05) is 33.1 Å². The highest BCUT2D eigenvalue weighted by Gasteiger charge is 2.57. The highest BCUT2D eigenvalue weighted by molar-refractivity contribution is 7.72. The Bertz CT molecular complexity index is 282. The van der Waals surface area contributed by atoms with Crippen LogP contribution < -0.4 is 0 Å². The van der Waals surface area contributed by atoms with E-state index in [9.17, 15) is 28.7 Å². The van der Waals surface area contributed by atoms with Gasteiger partial charge in [0.2, 0.25) is 0 Å². The molecule has 0 spiro atoms. The highest BCUT2D eigenvalue weighted by Crippen LogP contribution is 2.72. The maximum Gasteiger partial charge on any atom is 0.343 e. The van der Waals surface area contributed by atoms with Crippen molar-refractivity contribution in [3.8, 4) is 0 Å². The van der Waals surface area contributed by atoms with Crippen LogP contribution in [0.2, 0.25) is 0 Å². The summed E-state index contributed by atoms with van der Waals surface area (Å²) in [4.78, 5) is 34.5. The molecule has 8 heteroatoms. The molecule has 0 saturated carbocycles. The molecule has 0 fully saturated rings. The van der Waals surface area contributed by atoms with E-state index in [1.807, 2.05) is 6.92 Å². The van der Waals surface area contributed by atoms with Crippen molar-refractivity contribution in [2.75, 3.05) is 0 Å². The molecule has 16 heavy (non-hydrogen) atoms. The average Bonchev–Trinajstić information content (AvgIpc) is 2.08. The molecular formula is C8H20O6P2. The third kappa shape index (κ3) is 3.39. The molecule has 0 rings (SSSR count). The summed E-state index contributed by atoms with van der Waals surface area (Å²) < 4.78 is 22.7. The van der Waals surface area contributed by atoms with Gasteiger partial charge in [0.1, 0.15) is 0 Å². The standard InChI is InChI=1S/C8H20O6P2/c1-3-5-6-7-8(4-2,15(9,10)11)16(12,13)14/h3-7H2,1-2H3,(H2,9,10,11)(H2,12,13,14). The first-order chi connectivity index (χ1) is 7.12. The van der Waals surface area contributed by atoms with Crippen molar-refractivity contribution in [1.82, 2.24) is 0 Å². The van der Waals surface area contributed by atoms with E-state index in [0.717, 1.165) is 6.42 Å². The zero-order valence-corrected chi connectivity index (χ0v) is 11.3. The Labute approximate surface area is 95.4 Å². The van der Waals surface area contributed by atoms with Crippen LogP contribution in [0.15, 0.2) is 0 Å². The Morgan fingerprint density at radius 3 is 1.62 bits per heavy atom. The van der Waals surface area contributed by atoms with Gasteiger partial charge in [-0.2, -0.15) is 0 Å². The fourth-order valence-corrected chi connectivity index (χ4v) is 4.79. The molecule has 6 nitrogen and oxygen atoms in total. The number of hydrogen-bond acceptors (Lipinski definition) is 2. The first-order valence-electron chi connectivity index (χ1n) is 5.23. The zero-order chi connectivity index (χ0) is 13.0. The predicted molar refractivity (Wildman–Crippen MR) is 61.3 cm³/mol. The van der Waals surface area contributed by atoms with Gasteiger partial charge in [-0.3, -0.25) is 9.13 Å². The Balaban J connectivity index is 5.17. The van der Waals surface area contributed by atoms with E-state index in [1.165, 1.54) is 6.92 Å².